The Morgan fingerprint density at radius 1 is 1.67 bits per heavy atom. The van der Waals surface area contributed by atoms with Crippen molar-refractivity contribution in [1.29, 1.82) is 0 Å². The van der Waals surface area contributed by atoms with E-state index in [0.29, 0.717) is 0 Å². The number of rotatable bonds is 0. The van der Waals surface area contributed by atoms with Gasteiger partial charge in [0, 0.05) is 17.6 Å². The molecule has 0 unspecified atom stereocenters. The summed E-state index contributed by atoms with van der Waals surface area (Å²) in [6.45, 7) is 2.14. The average molecular weight is 140 g/mol. The van der Waals surface area contributed by atoms with Gasteiger partial charge in [-0.15, -0.1) is 0 Å². The molecule has 2 nitrogen and oxygen atoms in total. The largest absolute Gasteiger partial charge is 0.311 e. The third-order valence-electron chi connectivity index (χ3n) is 1.59. The Morgan fingerprint density at radius 3 is 3.56 bits per heavy atom. The molecule has 1 aromatic rings. The zero-order chi connectivity index (χ0) is 6.10. The second-order valence-electron chi connectivity index (χ2n) is 2.20. The van der Waals surface area contributed by atoms with Gasteiger partial charge >= 0.3 is 0 Å². The molecule has 1 aliphatic heterocycles. The molecule has 0 spiro atoms. The first-order chi connectivity index (χ1) is 4.47. The van der Waals surface area contributed by atoms with Crippen LogP contribution in [0, 0.1) is 0 Å². The summed E-state index contributed by atoms with van der Waals surface area (Å²) < 4.78 is 4.11. The Bertz CT molecular complexity index is 186. The summed E-state index contributed by atoms with van der Waals surface area (Å²) in [6.07, 6.45) is 3.15. The maximum Gasteiger partial charge on any atom is 0.0442 e. The van der Waals surface area contributed by atoms with Crippen LogP contribution in [0.1, 0.15) is 10.4 Å². The summed E-state index contributed by atoms with van der Waals surface area (Å²) >= 11 is 1.61. The number of aromatic nitrogens is 1. The van der Waals surface area contributed by atoms with E-state index in [-0.39, 0.29) is 0 Å². The average Bonchev–Trinajstić information content (AvgIpc) is 2.33. The van der Waals surface area contributed by atoms with Crippen molar-refractivity contribution in [3.63, 3.8) is 0 Å². The van der Waals surface area contributed by atoms with Crippen LogP contribution >= 0.6 is 11.5 Å². The molecule has 0 aliphatic carbocycles. The van der Waals surface area contributed by atoms with Crippen molar-refractivity contribution in [2.75, 3.05) is 6.54 Å². The van der Waals surface area contributed by atoms with E-state index in [9.17, 15) is 0 Å². The van der Waals surface area contributed by atoms with Gasteiger partial charge < -0.3 is 5.32 Å². The second kappa shape index (κ2) is 2.08. The fraction of sp³-hybridized carbons (Fsp3) is 0.500. The van der Waals surface area contributed by atoms with E-state index in [4.69, 9.17) is 0 Å². The molecule has 0 amide bonds. The fourth-order valence-electron chi connectivity index (χ4n) is 1.06. The number of nitrogens with zero attached hydrogens (tertiary/aromatic N) is 1. The Hall–Kier alpha value is -0.410. The molecule has 0 radical (unpaired) electrons. The summed E-state index contributed by atoms with van der Waals surface area (Å²) in [5, 5.41) is 3.30. The third kappa shape index (κ3) is 0.862. The van der Waals surface area contributed by atoms with Gasteiger partial charge in [-0.05, 0) is 30.1 Å². The van der Waals surface area contributed by atoms with Crippen molar-refractivity contribution in [3.05, 3.63) is 16.6 Å². The van der Waals surface area contributed by atoms with Gasteiger partial charge in [-0.2, -0.15) is 0 Å². The first kappa shape index (κ1) is 5.38. The maximum absolute atomic E-state index is 4.11. The Kier molecular flexibility index (Phi) is 1.24. The van der Waals surface area contributed by atoms with Gasteiger partial charge in [0.25, 0.3) is 0 Å². The van der Waals surface area contributed by atoms with Crippen LogP contribution in [0.2, 0.25) is 0 Å². The summed E-state index contributed by atoms with van der Waals surface area (Å²) in [7, 11) is 0. The summed E-state index contributed by atoms with van der Waals surface area (Å²) in [5.74, 6) is 0. The highest BCUT2D eigenvalue weighted by molar-refractivity contribution is 7.05. The van der Waals surface area contributed by atoms with Crippen LogP contribution in [0.25, 0.3) is 0 Å². The Morgan fingerprint density at radius 2 is 2.67 bits per heavy atom. The van der Waals surface area contributed by atoms with E-state index in [0.717, 1.165) is 19.5 Å². The Balaban J connectivity index is 2.39. The van der Waals surface area contributed by atoms with Crippen molar-refractivity contribution >= 4 is 11.5 Å². The number of hydrogen-bond acceptors (Lipinski definition) is 3. The van der Waals surface area contributed by atoms with Crippen LogP contribution in [0.5, 0.6) is 0 Å². The molecule has 0 fully saturated rings. The lowest BCUT2D eigenvalue weighted by atomic mass is 10.1. The van der Waals surface area contributed by atoms with E-state index < -0.39 is 0 Å². The topological polar surface area (TPSA) is 24.9 Å². The minimum atomic E-state index is 1.03. The summed E-state index contributed by atoms with van der Waals surface area (Å²) in [4.78, 5) is 1.42. The van der Waals surface area contributed by atoms with Crippen LogP contribution < -0.4 is 5.32 Å². The SMILES string of the molecule is c1nsc2c1CCNC2. The molecule has 48 valence electrons. The first-order valence-electron chi connectivity index (χ1n) is 3.10. The van der Waals surface area contributed by atoms with Gasteiger partial charge in [0.1, 0.15) is 0 Å². The van der Waals surface area contributed by atoms with Crippen LogP contribution in [0.4, 0.5) is 0 Å². The normalized spacial score (nSPS) is 17.3. The molecule has 0 saturated heterocycles. The molecule has 1 N–H and O–H groups in total. The van der Waals surface area contributed by atoms with E-state index in [1.54, 1.807) is 11.5 Å². The second-order valence-corrected chi connectivity index (χ2v) is 3.09. The number of fused-ring (bicyclic) bond motifs is 1. The van der Waals surface area contributed by atoms with Crippen LogP contribution in [0.15, 0.2) is 6.20 Å². The summed E-state index contributed by atoms with van der Waals surface area (Å²) in [5.41, 5.74) is 1.44. The third-order valence-corrected chi connectivity index (χ3v) is 2.42. The van der Waals surface area contributed by atoms with Gasteiger partial charge in [-0.3, -0.25) is 0 Å². The quantitative estimate of drug-likeness (QED) is 0.576. The fourth-order valence-corrected chi connectivity index (χ4v) is 1.80. The highest BCUT2D eigenvalue weighted by Crippen LogP contribution is 2.16. The molecule has 9 heavy (non-hydrogen) atoms. The molecule has 2 heterocycles. The molecule has 2 rings (SSSR count). The lowest BCUT2D eigenvalue weighted by Crippen LogP contribution is -2.21. The number of nitrogens with one attached hydrogen (secondary N) is 1. The Labute approximate surface area is 58.1 Å². The predicted octanol–water partition coefficient (Wildman–Crippen LogP) is 0.789. The van der Waals surface area contributed by atoms with E-state index in [1.807, 2.05) is 6.20 Å². The monoisotopic (exact) mass is 140 g/mol. The van der Waals surface area contributed by atoms with Crippen molar-refractivity contribution in [1.82, 2.24) is 9.69 Å². The molecular weight excluding hydrogens is 132 g/mol. The van der Waals surface area contributed by atoms with Crippen molar-refractivity contribution in [3.8, 4) is 0 Å². The minimum Gasteiger partial charge on any atom is -0.311 e. The maximum atomic E-state index is 4.11. The van der Waals surface area contributed by atoms with Crippen molar-refractivity contribution in [2.24, 2.45) is 0 Å². The van der Waals surface area contributed by atoms with Gasteiger partial charge in [0.2, 0.25) is 0 Å². The molecule has 1 aliphatic rings. The highest BCUT2D eigenvalue weighted by Gasteiger charge is 2.08. The van der Waals surface area contributed by atoms with E-state index in [1.165, 1.54) is 10.4 Å². The molecule has 0 bridgehead atoms. The van der Waals surface area contributed by atoms with Crippen LogP contribution in [0.3, 0.4) is 0 Å². The van der Waals surface area contributed by atoms with E-state index in [2.05, 4.69) is 9.69 Å². The molecule has 0 saturated carbocycles. The van der Waals surface area contributed by atoms with E-state index >= 15 is 0 Å². The van der Waals surface area contributed by atoms with Crippen molar-refractivity contribution < 1.29 is 0 Å². The van der Waals surface area contributed by atoms with Gasteiger partial charge in [0.05, 0.1) is 0 Å². The molecular formula is C6H8N2S. The predicted molar refractivity (Wildman–Crippen MR) is 37.5 cm³/mol. The van der Waals surface area contributed by atoms with Gasteiger partial charge in [-0.25, -0.2) is 4.37 Å². The van der Waals surface area contributed by atoms with Crippen LogP contribution in [-0.4, -0.2) is 10.9 Å². The minimum absolute atomic E-state index is 1.03. The summed E-state index contributed by atoms with van der Waals surface area (Å²) in [6, 6.07) is 0. The van der Waals surface area contributed by atoms with Gasteiger partial charge in [-0.1, -0.05) is 0 Å². The van der Waals surface area contributed by atoms with Crippen LogP contribution in [-0.2, 0) is 13.0 Å². The smallest absolute Gasteiger partial charge is 0.0442 e. The molecule has 1 aromatic heterocycles. The zero-order valence-corrected chi connectivity index (χ0v) is 5.87. The first-order valence-corrected chi connectivity index (χ1v) is 3.87. The standard InChI is InChI=1S/C6H8N2S/c1-2-7-4-6-5(1)3-8-9-6/h3,7H,1-2,4H2. The lowest BCUT2D eigenvalue weighted by Gasteiger charge is -2.09. The zero-order valence-electron chi connectivity index (χ0n) is 5.05. The lowest BCUT2D eigenvalue weighted by molar-refractivity contribution is 0.654. The van der Waals surface area contributed by atoms with Crippen molar-refractivity contribution in [2.45, 2.75) is 13.0 Å². The van der Waals surface area contributed by atoms with Gasteiger partial charge in [0.15, 0.2) is 0 Å². The molecule has 3 heteroatoms. The molecule has 0 atom stereocenters. The highest BCUT2D eigenvalue weighted by atomic mass is 32.1. The number of hydrogen-bond donors (Lipinski definition) is 1. The molecule has 0 aromatic carbocycles.